The Balaban J connectivity index is 1.47. The number of hydrogen-bond donors (Lipinski definition) is 1. The number of morpholine rings is 1. The van der Waals surface area contributed by atoms with Gasteiger partial charge >= 0.3 is 0 Å². The molecule has 2 heterocycles. The first-order valence-electron chi connectivity index (χ1n) is 9.82. The molecule has 2 aromatic carbocycles. The molecular weight excluding hydrogens is 382 g/mol. The summed E-state index contributed by atoms with van der Waals surface area (Å²) < 4.78 is 5.33. The van der Waals surface area contributed by atoms with Gasteiger partial charge in [0.2, 0.25) is 5.91 Å². The van der Waals surface area contributed by atoms with Gasteiger partial charge in [-0.15, -0.1) is 11.3 Å². The summed E-state index contributed by atoms with van der Waals surface area (Å²) in [4.78, 5) is 19.3. The van der Waals surface area contributed by atoms with Crippen molar-refractivity contribution >= 4 is 22.9 Å². The lowest BCUT2D eigenvalue weighted by Gasteiger charge is -2.25. The van der Waals surface area contributed by atoms with Gasteiger partial charge in [0.25, 0.3) is 0 Å². The monoisotopic (exact) mass is 407 g/mol. The van der Waals surface area contributed by atoms with E-state index in [0.29, 0.717) is 19.8 Å². The highest BCUT2D eigenvalue weighted by atomic mass is 32.1. The normalized spacial score (nSPS) is 14.7. The van der Waals surface area contributed by atoms with E-state index in [4.69, 9.17) is 9.72 Å². The van der Waals surface area contributed by atoms with Crippen molar-refractivity contribution in [1.29, 1.82) is 0 Å². The second-order valence-corrected chi connectivity index (χ2v) is 8.23. The van der Waals surface area contributed by atoms with Crippen LogP contribution in [0.25, 0.3) is 21.8 Å². The topological polar surface area (TPSA) is 54.5 Å². The zero-order valence-electron chi connectivity index (χ0n) is 16.8. The highest BCUT2D eigenvalue weighted by Crippen LogP contribution is 2.31. The third kappa shape index (κ3) is 4.90. The van der Waals surface area contributed by atoms with Crippen molar-refractivity contribution < 1.29 is 9.53 Å². The Morgan fingerprint density at radius 3 is 2.79 bits per heavy atom. The van der Waals surface area contributed by atoms with Crippen LogP contribution in [0.3, 0.4) is 0 Å². The summed E-state index contributed by atoms with van der Waals surface area (Å²) in [6.45, 7) is 7.59. The van der Waals surface area contributed by atoms with Crippen LogP contribution in [0.15, 0.2) is 47.8 Å². The predicted octanol–water partition coefficient (Wildman–Crippen LogP) is 4.36. The van der Waals surface area contributed by atoms with E-state index in [0.717, 1.165) is 40.6 Å². The molecule has 1 fully saturated rings. The van der Waals surface area contributed by atoms with Crippen molar-refractivity contribution in [1.82, 2.24) is 9.88 Å². The number of thiazole rings is 1. The molecule has 5 nitrogen and oxygen atoms in total. The lowest BCUT2D eigenvalue weighted by molar-refractivity contribution is -0.118. The lowest BCUT2D eigenvalue weighted by atomic mass is 10.0. The largest absolute Gasteiger partial charge is 0.379 e. The van der Waals surface area contributed by atoms with Gasteiger partial charge in [0.15, 0.2) is 0 Å². The van der Waals surface area contributed by atoms with Gasteiger partial charge in [0.1, 0.15) is 5.01 Å². The first-order chi connectivity index (χ1) is 14.1. The number of carbonyl (C=O) groups excluding carboxylic acids is 1. The zero-order chi connectivity index (χ0) is 20.2. The van der Waals surface area contributed by atoms with Crippen LogP contribution < -0.4 is 5.32 Å². The molecule has 29 heavy (non-hydrogen) atoms. The van der Waals surface area contributed by atoms with Crippen molar-refractivity contribution in [2.24, 2.45) is 0 Å². The van der Waals surface area contributed by atoms with Crippen molar-refractivity contribution in [3.63, 3.8) is 0 Å². The second-order valence-electron chi connectivity index (χ2n) is 7.37. The Hall–Kier alpha value is -2.54. The number of hydrogen-bond acceptors (Lipinski definition) is 5. The number of benzene rings is 2. The molecule has 0 radical (unpaired) electrons. The summed E-state index contributed by atoms with van der Waals surface area (Å²) in [6.07, 6.45) is 0. The van der Waals surface area contributed by atoms with E-state index in [9.17, 15) is 4.79 Å². The maximum absolute atomic E-state index is 12.4. The minimum Gasteiger partial charge on any atom is -0.379 e. The van der Waals surface area contributed by atoms with E-state index < -0.39 is 0 Å². The Morgan fingerprint density at radius 1 is 1.17 bits per heavy atom. The van der Waals surface area contributed by atoms with Crippen LogP contribution in [-0.2, 0) is 9.53 Å². The first kappa shape index (κ1) is 19.8. The van der Waals surface area contributed by atoms with E-state index in [1.54, 1.807) is 11.3 Å². The van der Waals surface area contributed by atoms with Gasteiger partial charge in [-0.3, -0.25) is 9.69 Å². The maximum atomic E-state index is 12.4. The Kier molecular flexibility index (Phi) is 6.04. The third-order valence-corrected chi connectivity index (χ3v) is 5.92. The third-order valence-electron chi connectivity index (χ3n) is 5.03. The van der Waals surface area contributed by atoms with Crippen LogP contribution in [0.4, 0.5) is 5.69 Å². The molecular formula is C23H25N3O2S. The van der Waals surface area contributed by atoms with Gasteiger partial charge in [-0.05, 0) is 31.5 Å². The van der Waals surface area contributed by atoms with Crippen LogP contribution >= 0.6 is 11.3 Å². The van der Waals surface area contributed by atoms with Crippen LogP contribution in [-0.4, -0.2) is 48.6 Å². The molecule has 0 unspecified atom stereocenters. The number of aromatic nitrogens is 1. The van der Waals surface area contributed by atoms with Gasteiger partial charge in [-0.2, -0.15) is 0 Å². The van der Waals surface area contributed by atoms with Gasteiger partial charge in [-0.1, -0.05) is 35.9 Å². The smallest absolute Gasteiger partial charge is 0.238 e. The summed E-state index contributed by atoms with van der Waals surface area (Å²) in [6, 6.07) is 14.3. The fourth-order valence-electron chi connectivity index (χ4n) is 3.52. The molecule has 3 aromatic rings. The van der Waals surface area contributed by atoms with Crippen molar-refractivity contribution in [3.05, 3.63) is 59.0 Å². The quantitative estimate of drug-likeness (QED) is 0.683. The minimum absolute atomic E-state index is 0.000780. The lowest BCUT2D eigenvalue weighted by Crippen LogP contribution is -2.41. The number of anilines is 1. The summed E-state index contributed by atoms with van der Waals surface area (Å²) in [5.41, 5.74) is 6.43. The number of carbonyl (C=O) groups is 1. The van der Waals surface area contributed by atoms with Gasteiger partial charge in [-0.25, -0.2) is 4.98 Å². The average molecular weight is 408 g/mol. The van der Waals surface area contributed by atoms with Gasteiger partial charge < -0.3 is 10.1 Å². The maximum Gasteiger partial charge on any atom is 0.238 e. The fourth-order valence-corrected chi connectivity index (χ4v) is 4.34. The molecule has 0 saturated carbocycles. The Morgan fingerprint density at radius 2 is 2.00 bits per heavy atom. The summed E-state index contributed by atoms with van der Waals surface area (Å²) in [5.74, 6) is -0.000780. The molecule has 0 spiro atoms. The van der Waals surface area contributed by atoms with E-state index in [-0.39, 0.29) is 5.91 Å². The number of nitrogens with one attached hydrogen (secondary N) is 1. The number of amides is 1. The molecule has 0 bridgehead atoms. The summed E-state index contributed by atoms with van der Waals surface area (Å²) in [5, 5.41) is 6.05. The number of aryl methyl sites for hydroxylation is 2. The molecule has 1 amide bonds. The van der Waals surface area contributed by atoms with E-state index in [2.05, 4.69) is 47.6 Å². The highest BCUT2D eigenvalue weighted by Gasteiger charge is 2.15. The van der Waals surface area contributed by atoms with Crippen molar-refractivity contribution in [2.75, 3.05) is 38.2 Å². The van der Waals surface area contributed by atoms with Crippen LogP contribution in [0.1, 0.15) is 11.1 Å². The van der Waals surface area contributed by atoms with E-state index >= 15 is 0 Å². The zero-order valence-corrected chi connectivity index (χ0v) is 17.6. The Labute approximate surface area is 175 Å². The van der Waals surface area contributed by atoms with Crippen LogP contribution in [0.5, 0.6) is 0 Å². The molecule has 6 heteroatoms. The van der Waals surface area contributed by atoms with Crippen molar-refractivity contribution in [3.8, 4) is 21.8 Å². The standard InChI is InChI=1S/C23H25N3O2S/c1-16-6-7-20(17(2)12-16)21-15-29-23(25-21)18-4-3-5-19(13-18)24-22(27)14-26-8-10-28-11-9-26/h3-7,12-13,15H,8-11,14H2,1-2H3,(H,24,27). The van der Waals surface area contributed by atoms with Crippen LogP contribution in [0.2, 0.25) is 0 Å². The van der Waals surface area contributed by atoms with E-state index in [1.807, 2.05) is 24.3 Å². The first-order valence-corrected chi connectivity index (χ1v) is 10.7. The minimum atomic E-state index is -0.000780. The molecule has 1 aromatic heterocycles. The molecule has 0 aliphatic carbocycles. The molecule has 1 N–H and O–H groups in total. The average Bonchev–Trinajstić information content (AvgIpc) is 3.19. The molecule has 4 rings (SSSR count). The highest BCUT2D eigenvalue weighted by molar-refractivity contribution is 7.13. The number of ether oxygens (including phenoxy) is 1. The Bertz CT molecular complexity index is 1010. The molecule has 1 saturated heterocycles. The molecule has 1 aliphatic heterocycles. The van der Waals surface area contributed by atoms with Gasteiger partial charge in [0.05, 0.1) is 25.5 Å². The number of rotatable bonds is 5. The predicted molar refractivity (Wildman–Crippen MR) is 118 cm³/mol. The van der Waals surface area contributed by atoms with Crippen LogP contribution in [0, 0.1) is 13.8 Å². The molecule has 0 atom stereocenters. The second kappa shape index (κ2) is 8.86. The SMILES string of the molecule is Cc1ccc(-c2csc(-c3cccc(NC(=O)CN4CCOCC4)c3)n2)c(C)c1. The fraction of sp³-hybridized carbons (Fsp3) is 0.304. The van der Waals surface area contributed by atoms with Gasteiger partial charge in [0, 0.05) is 35.3 Å². The van der Waals surface area contributed by atoms with Crippen molar-refractivity contribution in [2.45, 2.75) is 13.8 Å². The molecule has 150 valence electrons. The summed E-state index contributed by atoms with van der Waals surface area (Å²) in [7, 11) is 0. The summed E-state index contributed by atoms with van der Waals surface area (Å²) >= 11 is 1.62. The van der Waals surface area contributed by atoms with E-state index in [1.165, 1.54) is 11.1 Å². The number of nitrogens with zero attached hydrogens (tertiary/aromatic N) is 2. The molecule has 1 aliphatic rings.